The molecule has 0 aliphatic heterocycles. The van der Waals surface area contributed by atoms with E-state index >= 15 is 0 Å². The van der Waals surface area contributed by atoms with Gasteiger partial charge in [0.15, 0.2) is 0 Å². The lowest BCUT2D eigenvalue weighted by Crippen LogP contribution is -2.16. The minimum atomic E-state index is 0.704. The zero-order chi connectivity index (χ0) is 13.9. The van der Waals surface area contributed by atoms with Gasteiger partial charge in [0, 0.05) is 17.3 Å². The van der Waals surface area contributed by atoms with E-state index in [1.165, 1.54) is 29.8 Å². The van der Waals surface area contributed by atoms with E-state index in [4.69, 9.17) is 4.42 Å². The highest BCUT2D eigenvalue weighted by Crippen LogP contribution is 2.21. The lowest BCUT2D eigenvalue weighted by molar-refractivity contribution is 0.473. The van der Waals surface area contributed by atoms with Crippen LogP contribution in [-0.2, 0) is 25.9 Å². The van der Waals surface area contributed by atoms with Crippen LogP contribution in [0.2, 0.25) is 0 Å². The molecule has 2 heterocycles. The minimum absolute atomic E-state index is 0.704. The molecule has 1 N–H and O–H groups in total. The van der Waals surface area contributed by atoms with Crippen LogP contribution in [0, 0.1) is 0 Å². The standard InChI is InChI=1S/C16H23N3O/c1-3-13-9-15(4-2)19(18-13)11-12-7-8-20-16(12)10-17-14-5-6-14/h7-9,14,17H,3-6,10-11H2,1-2H3. The summed E-state index contributed by atoms with van der Waals surface area (Å²) in [5, 5.41) is 8.18. The Balaban J connectivity index is 1.73. The number of hydrogen-bond acceptors (Lipinski definition) is 3. The van der Waals surface area contributed by atoms with Gasteiger partial charge < -0.3 is 9.73 Å². The Bertz CT molecular complexity index is 566. The van der Waals surface area contributed by atoms with Gasteiger partial charge in [0.2, 0.25) is 0 Å². The number of nitrogens with one attached hydrogen (secondary N) is 1. The minimum Gasteiger partial charge on any atom is -0.468 e. The van der Waals surface area contributed by atoms with Crippen LogP contribution in [-0.4, -0.2) is 15.8 Å². The lowest BCUT2D eigenvalue weighted by atomic mass is 10.2. The molecule has 3 rings (SSSR count). The summed E-state index contributed by atoms with van der Waals surface area (Å²) < 4.78 is 7.73. The second-order valence-electron chi connectivity index (χ2n) is 5.52. The first-order valence-electron chi connectivity index (χ1n) is 7.64. The number of aromatic nitrogens is 2. The van der Waals surface area contributed by atoms with E-state index in [9.17, 15) is 0 Å². The Morgan fingerprint density at radius 3 is 2.90 bits per heavy atom. The molecule has 4 heteroatoms. The Morgan fingerprint density at radius 2 is 2.20 bits per heavy atom. The van der Waals surface area contributed by atoms with E-state index in [-0.39, 0.29) is 0 Å². The molecule has 1 saturated carbocycles. The molecular formula is C16H23N3O. The van der Waals surface area contributed by atoms with Gasteiger partial charge in [-0.15, -0.1) is 0 Å². The first-order chi connectivity index (χ1) is 9.80. The molecule has 0 radical (unpaired) electrons. The third-order valence-corrected chi connectivity index (χ3v) is 3.92. The quantitative estimate of drug-likeness (QED) is 0.843. The molecule has 0 amide bonds. The first kappa shape index (κ1) is 13.4. The summed E-state index contributed by atoms with van der Waals surface area (Å²) in [4.78, 5) is 0. The topological polar surface area (TPSA) is 43.0 Å². The summed E-state index contributed by atoms with van der Waals surface area (Å²) in [6, 6.07) is 4.98. The average molecular weight is 273 g/mol. The molecule has 0 unspecified atom stereocenters. The smallest absolute Gasteiger partial charge is 0.122 e. The molecule has 1 aliphatic rings. The molecule has 0 atom stereocenters. The zero-order valence-electron chi connectivity index (χ0n) is 12.4. The summed E-state index contributed by atoms with van der Waals surface area (Å²) in [7, 11) is 0. The van der Waals surface area contributed by atoms with Gasteiger partial charge in [0.05, 0.1) is 25.0 Å². The summed E-state index contributed by atoms with van der Waals surface area (Å²) >= 11 is 0. The van der Waals surface area contributed by atoms with Crippen molar-refractivity contribution >= 4 is 0 Å². The van der Waals surface area contributed by atoms with Gasteiger partial charge in [-0.1, -0.05) is 13.8 Å². The molecule has 0 saturated heterocycles. The second kappa shape index (κ2) is 5.83. The molecule has 0 spiro atoms. The number of nitrogens with zero attached hydrogens (tertiary/aromatic N) is 2. The fourth-order valence-corrected chi connectivity index (χ4v) is 2.46. The Labute approximate surface area is 120 Å². The van der Waals surface area contributed by atoms with Crippen molar-refractivity contribution in [3.8, 4) is 0 Å². The number of hydrogen-bond donors (Lipinski definition) is 1. The van der Waals surface area contributed by atoms with Gasteiger partial charge in [-0.2, -0.15) is 5.10 Å². The van der Waals surface area contributed by atoms with Gasteiger partial charge in [0.25, 0.3) is 0 Å². The SMILES string of the molecule is CCc1cc(CC)n(Cc2ccoc2CNC2CC2)n1. The largest absolute Gasteiger partial charge is 0.468 e. The fraction of sp³-hybridized carbons (Fsp3) is 0.562. The molecule has 20 heavy (non-hydrogen) atoms. The predicted molar refractivity (Wildman–Crippen MR) is 78.7 cm³/mol. The molecule has 4 nitrogen and oxygen atoms in total. The zero-order valence-corrected chi connectivity index (χ0v) is 12.4. The summed E-state index contributed by atoms with van der Waals surface area (Å²) in [6.07, 6.45) is 6.39. The van der Waals surface area contributed by atoms with Crippen molar-refractivity contribution in [3.63, 3.8) is 0 Å². The number of rotatable bonds is 7. The Kier molecular flexibility index (Phi) is 3.92. The van der Waals surface area contributed by atoms with Crippen LogP contribution in [0.1, 0.15) is 49.4 Å². The van der Waals surface area contributed by atoms with Gasteiger partial charge in [-0.05, 0) is 37.8 Å². The third kappa shape index (κ3) is 2.96. The van der Waals surface area contributed by atoms with Crippen molar-refractivity contribution in [2.45, 2.75) is 58.7 Å². The summed E-state index contributed by atoms with van der Waals surface area (Å²) in [5.74, 6) is 1.05. The summed E-state index contributed by atoms with van der Waals surface area (Å²) in [5.41, 5.74) is 3.70. The highest BCUT2D eigenvalue weighted by Gasteiger charge is 2.21. The molecule has 2 aromatic heterocycles. The molecule has 1 fully saturated rings. The first-order valence-corrected chi connectivity index (χ1v) is 7.64. The Hall–Kier alpha value is -1.55. The van der Waals surface area contributed by atoms with Crippen LogP contribution in [0.4, 0.5) is 0 Å². The van der Waals surface area contributed by atoms with E-state index in [0.717, 1.165) is 31.7 Å². The van der Waals surface area contributed by atoms with E-state index in [2.05, 4.69) is 41.1 Å². The van der Waals surface area contributed by atoms with E-state index in [1.807, 2.05) is 0 Å². The van der Waals surface area contributed by atoms with Gasteiger partial charge in [0.1, 0.15) is 5.76 Å². The van der Waals surface area contributed by atoms with E-state index in [0.29, 0.717) is 6.04 Å². The van der Waals surface area contributed by atoms with Crippen molar-refractivity contribution in [1.82, 2.24) is 15.1 Å². The van der Waals surface area contributed by atoms with Crippen LogP contribution in [0.15, 0.2) is 22.8 Å². The van der Waals surface area contributed by atoms with Crippen molar-refractivity contribution in [3.05, 3.63) is 41.1 Å². The monoisotopic (exact) mass is 273 g/mol. The van der Waals surface area contributed by atoms with Crippen LogP contribution >= 0.6 is 0 Å². The van der Waals surface area contributed by atoms with Gasteiger partial charge in [-0.3, -0.25) is 4.68 Å². The van der Waals surface area contributed by atoms with Crippen molar-refractivity contribution in [1.29, 1.82) is 0 Å². The van der Waals surface area contributed by atoms with E-state index < -0.39 is 0 Å². The summed E-state index contributed by atoms with van der Waals surface area (Å²) in [6.45, 7) is 5.96. The van der Waals surface area contributed by atoms with Gasteiger partial charge >= 0.3 is 0 Å². The highest BCUT2D eigenvalue weighted by molar-refractivity contribution is 5.20. The van der Waals surface area contributed by atoms with Crippen LogP contribution in [0.5, 0.6) is 0 Å². The van der Waals surface area contributed by atoms with E-state index in [1.54, 1.807) is 6.26 Å². The number of furan rings is 1. The van der Waals surface area contributed by atoms with Crippen LogP contribution in [0.3, 0.4) is 0 Å². The number of aryl methyl sites for hydroxylation is 2. The second-order valence-corrected chi connectivity index (χ2v) is 5.52. The maximum Gasteiger partial charge on any atom is 0.122 e. The lowest BCUT2D eigenvalue weighted by Gasteiger charge is -2.07. The molecule has 108 valence electrons. The molecule has 1 aliphatic carbocycles. The van der Waals surface area contributed by atoms with Gasteiger partial charge in [-0.25, -0.2) is 0 Å². The third-order valence-electron chi connectivity index (χ3n) is 3.92. The van der Waals surface area contributed by atoms with Crippen molar-refractivity contribution < 1.29 is 4.42 Å². The molecule has 2 aromatic rings. The Morgan fingerprint density at radius 1 is 1.35 bits per heavy atom. The highest BCUT2D eigenvalue weighted by atomic mass is 16.3. The predicted octanol–water partition coefficient (Wildman–Crippen LogP) is 2.90. The van der Waals surface area contributed by atoms with Crippen molar-refractivity contribution in [2.75, 3.05) is 0 Å². The van der Waals surface area contributed by atoms with Crippen LogP contribution < -0.4 is 5.32 Å². The van der Waals surface area contributed by atoms with Crippen LogP contribution in [0.25, 0.3) is 0 Å². The molecule has 0 aromatic carbocycles. The normalized spacial score (nSPS) is 14.9. The average Bonchev–Trinajstić information content (AvgIpc) is 3.05. The van der Waals surface area contributed by atoms with Crippen molar-refractivity contribution in [2.24, 2.45) is 0 Å². The maximum atomic E-state index is 5.62. The fourth-order valence-electron chi connectivity index (χ4n) is 2.46. The molecular weight excluding hydrogens is 250 g/mol. The molecule has 0 bridgehead atoms. The maximum absolute atomic E-state index is 5.62.